The van der Waals surface area contributed by atoms with Crippen molar-refractivity contribution in [2.24, 2.45) is 5.92 Å². The van der Waals surface area contributed by atoms with Crippen molar-refractivity contribution in [3.63, 3.8) is 0 Å². The molecule has 0 aliphatic carbocycles. The van der Waals surface area contributed by atoms with Crippen LogP contribution in [0.5, 0.6) is 11.5 Å². The van der Waals surface area contributed by atoms with Crippen LogP contribution in [0.1, 0.15) is 6.42 Å². The third-order valence-corrected chi connectivity index (χ3v) is 6.17. The minimum Gasteiger partial charge on any atom is -0.494 e. The molecule has 2 aromatic heterocycles. The Labute approximate surface area is 189 Å². The highest BCUT2D eigenvalue weighted by atomic mass is 32.2. The highest BCUT2D eigenvalue weighted by molar-refractivity contribution is 7.98. The monoisotopic (exact) mass is 461 g/mol. The summed E-state index contributed by atoms with van der Waals surface area (Å²) in [5, 5.41) is 4.58. The van der Waals surface area contributed by atoms with Crippen molar-refractivity contribution in [2.45, 2.75) is 11.6 Å². The van der Waals surface area contributed by atoms with Crippen LogP contribution in [0, 0.1) is 17.6 Å². The van der Waals surface area contributed by atoms with Crippen LogP contribution < -0.4 is 14.8 Å². The molecule has 10 heteroatoms. The number of hydrogen-bond donors (Lipinski definition) is 1. The van der Waals surface area contributed by atoms with Gasteiger partial charge < -0.3 is 19.7 Å². The molecule has 4 rings (SSSR count). The molecule has 0 saturated carbocycles. The van der Waals surface area contributed by atoms with Crippen LogP contribution in [-0.2, 0) is 0 Å². The van der Waals surface area contributed by atoms with Gasteiger partial charge in [-0.05, 0) is 38.3 Å². The fourth-order valence-corrected chi connectivity index (χ4v) is 4.26. The average Bonchev–Trinajstić information content (AvgIpc) is 3.22. The van der Waals surface area contributed by atoms with Crippen LogP contribution in [0.4, 0.5) is 14.6 Å². The molecule has 0 radical (unpaired) electrons. The second kappa shape index (κ2) is 9.41. The van der Waals surface area contributed by atoms with Crippen LogP contribution in [0.2, 0.25) is 0 Å². The summed E-state index contributed by atoms with van der Waals surface area (Å²) in [4.78, 5) is 15.8. The predicted octanol–water partition coefficient (Wildman–Crippen LogP) is 4.07. The number of thioether (sulfide) groups is 1. The van der Waals surface area contributed by atoms with E-state index in [0.717, 1.165) is 19.5 Å². The lowest BCUT2D eigenvalue weighted by Gasteiger charge is -2.16. The Kier molecular flexibility index (Phi) is 6.61. The van der Waals surface area contributed by atoms with Gasteiger partial charge in [0.15, 0.2) is 34.1 Å². The Bertz CT molecular complexity index is 1120. The number of halogens is 2. The maximum Gasteiger partial charge on any atom is 0.187 e. The van der Waals surface area contributed by atoms with E-state index in [4.69, 9.17) is 9.47 Å². The number of likely N-dealkylation sites (tertiary alicyclic amines) is 1. The van der Waals surface area contributed by atoms with Crippen molar-refractivity contribution >= 4 is 28.5 Å². The number of fused-ring (bicyclic) bond motifs is 1. The first-order valence-electron chi connectivity index (χ1n) is 10.2. The van der Waals surface area contributed by atoms with Gasteiger partial charge in [-0.25, -0.2) is 23.7 Å². The van der Waals surface area contributed by atoms with Gasteiger partial charge in [0.05, 0.1) is 25.5 Å². The number of pyridine rings is 1. The van der Waals surface area contributed by atoms with E-state index in [1.165, 1.54) is 32.0 Å². The summed E-state index contributed by atoms with van der Waals surface area (Å²) < 4.78 is 40.4. The van der Waals surface area contributed by atoms with Crippen LogP contribution in [0.15, 0.2) is 23.5 Å². The number of nitrogens with one attached hydrogen (secondary N) is 1. The first kappa shape index (κ1) is 22.5. The fraction of sp³-hybridized carbons (Fsp3) is 0.409. The van der Waals surface area contributed by atoms with Gasteiger partial charge in [-0.15, -0.1) is 0 Å². The van der Waals surface area contributed by atoms with E-state index in [-0.39, 0.29) is 22.8 Å². The summed E-state index contributed by atoms with van der Waals surface area (Å²) >= 11 is 1.41. The summed E-state index contributed by atoms with van der Waals surface area (Å²) in [5.41, 5.74) is 0.395. The quantitative estimate of drug-likeness (QED) is 0.417. The topological polar surface area (TPSA) is 72.4 Å². The SMILES string of the molecule is COc1cc(OC)c(F)c(-c2cc3cnc(SC)nc3c(NCC3CCN(C)C3)n2)c1F. The Hall–Kier alpha value is -2.72. The van der Waals surface area contributed by atoms with Crippen molar-refractivity contribution in [2.75, 3.05) is 52.5 Å². The Morgan fingerprint density at radius 3 is 2.47 bits per heavy atom. The molecule has 1 saturated heterocycles. The van der Waals surface area contributed by atoms with Crippen LogP contribution >= 0.6 is 11.8 Å². The summed E-state index contributed by atoms with van der Waals surface area (Å²) in [7, 11) is 4.72. The number of rotatable bonds is 7. The molecule has 1 fully saturated rings. The molecule has 3 heterocycles. The first-order chi connectivity index (χ1) is 15.4. The van der Waals surface area contributed by atoms with Gasteiger partial charge >= 0.3 is 0 Å². The lowest BCUT2D eigenvalue weighted by atomic mass is 10.1. The molecule has 3 aromatic rings. The van der Waals surface area contributed by atoms with Crippen LogP contribution in [-0.4, -0.2) is 67.0 Å². The molecule has 32 heavy (non-hydrogen) atoms. The standard InChI is InChI=1S/C22H25F2N5O2S/c1-29-6-5-12(11-29)9-25-21-20-13(10-26-22(28-20)32-4)7-14(27-21)17-18(23)15(30-2)8-16(31-3)19(17)24/h7-8,10,12H,5-6,9,11H2,1-4H3,(H,25,27). The van der Waals surface area contributed by atoms with Crippen LogP contribution in [0.3, 0.4) is 0 Å². The number of methoxy groups -OCH3 is 2. The lowest BCUT2D eigenvalue weighted by molar-refractivity contribution is 0.359. The number of benzene rings is 1. The van der Waals surface area contributed by atoms with Gasteiger partial charge in [0.2, 0.25) is 0 Å². The molecule has 1 N–H and O–H groups in total. The summed E-state index contributed by atoms with van der Waals surface area (Å²) in [6.07, 6.45) is 4.60. The lowest BCUT2D eigenvalue weighted by Crippen LogP contribution is -2.19. The van der Waals surface area contributed by atoms with Crippen molar-refractivity contribution in [3.05, 3.63) is 30.0 Å². The number of anilines is 1. The molecule has 7 nitrogen and oxygen atoms in total. The smallest absolute Gasteiger partial charge is 0.187 e. The largest absolute Gasteiger partial charge is 0.494 e. The van der Waals surface area contributed by atoms with Gasteiger partial charge in [-0.3, -0.25) is 0 Å². The Morgan fingerprint density at radius 2 is 1.88 bits per heavy atom. The van der Waals surface area contributed by atoms with E-state index < -0.39 is 11.6 Å². The normalized spacial score (nSPS) is 16.5. The van der Waals surface area contributed by atoms with E-state index in [1.54, 1.807) is 12.3 Å². The van der Waals surface area contributed by atoms with Crippen molar-refractivity contribution < 1.29 is 18.3 Å². The number of aromatic nitrogens is 3. The minimum absolute atomic E-state index is 0.108. The highest BCUT2D eigenvalue weighted by Gasteiger charge is 2.25. The van der Waals surface area contributed by atoms with Gasteiger partial charge in [-0.2, -0.15) is 0 Å². The molecule has 0 bridgehead atoms. The van der Waals surface area contributed by atoms with Crippen molar-refractivity contribution in [3.8, 4) is 22.8 Å². The molecular weight excluding hydrogens is 436 g/mol. The molecule has 1 aliphatic heterocycles. The van der Waals surface area contributed by atoms with Crippen LogP contribution in [0.25, 0.3) is 22.2 Å². The van der Waals surface area contributed by atoms with E-state index in [2.05, 4.69) is 32.2 Å². The third kappa shape index (κ3) is 4.29. The summed E-state index contributed by atoms with van der Waals surface area (Å²) in [6.45, 7) is 2.70. The van der Waals surface area contributed by atoms with Crippen molar-refractivity contribution in [1.82, 2.24) is 19.9 Å². The molecule has 1 unspecified atom stereocenters. The molecule has 0 amide bonds. The number of hydrogen-bond acceptors (Lipinski definition) is 8. The maximum atomic E-state index is 15.1. The minimum atomic E-state index is -0.845. The molecule has 1 aliphatic rings. The zero-order valence-electron chi connectivity index (χ0n) is 18.4. The molecule has 1 aromatic carbocycles. The van der Waals surface area contributed by atoms with E-state index in [9.17, 15) is 0 Å². The Balaban J connectivity index is 1.84. The first-order valence-corrected chi connectivity index (χ1v) is 11.4. The summed E-state index contributed by atoms with van der Waals surface area (Å²) in [6, 6.07) is 2.76. The van der Waals surface area contributed by atoms with Gasteiger partial charge in [0, 0.05) is 30.7 Å². The maximum absolute atomic E-state index is 15.1. The second-order valence-corrected chi connectivity index (χ2v) is 8.51. The molecule has 0 spiro atoms. The highest BCUT2D eigenvalue weighted by Crippen LogP contribution is 2.38. The third-order valence-electron chi connectivity index (χ3n) is 5.60. The second-order valence-electron chi connectivity index (χ2n) is 7.73. The fourth-order valence-electron chi connectivity index (χ4n) is 3.92. The molecule has 170 valence electrons. The van der Waals surface area contributed by atoms with Gasteiger partial charge in [0.1, 0.15) is 5.52 Å². The van der Waals surface area contributed by atoms with E-state index in [1.807, 2.05) is 6.26 Å². The average molecular weight is 462 g/mol. The zero-order chi connectivity index (χ0) is 22.8. The van der Waals surface area contributed by atoms with E-state index >= 15 is 8.78 Å². The van der Waals surface area contributed by atoms with Crippen molar-refractivity contribution in [1.29, 1.82) is 0 Å². The Morgan fingerprint density at radius 1 is 1.16 bits per heavy atom. The summed E-state index contributed by atoms with van der Waals surface area (Å²) in [5.74, 6) is -1.03. The number of nitrogens with zero attached hydrogens (tertiary/aromatic N) is 4. The van der Waals surface area contributed by atoms with E-state index in [0.29, 0.717) is 34.3 Å². The van der Waals surface area contributed by atoms with Gasteiger partial charge in [-0.1, -0.05) is 11.8 Å². The molecule has 1 atom stereocenters. The predicted molar refractivity (Wildman–Crippen MR) is 122 cm³/mol. The van der Waals surface area contributed by atoms with Gasteiger partial charge in [0.25, 0.3) is 0 Å². The number of ether oxygens (including phenoxy) is 2. The zero-order valence-corrected chi connectivity index (χ0v) is 19.2. The molecular formula is C22H25F2N5O2S.